The van der Waals surface area contributed by atoms with Crippen LogP contribution in [0.5, 0.6) is 5.88 Å². The molecule has 1 aromatic heterocycles. The molecule has 0 aliphatic carbocycles. The van der Waals surface area contributed by atoms with E-state index in [9.17, 15) is 18.0 Å². The topological polar surface area (TPSA) is 73.3 Å². The fraction of sp³-hybridized carbons (Fsp3) is 0.500. The molecule has 1 fully saturated rings. The highest BCUT2D eigenvalue weighted by molar-refractivity contribution is 5.70. The summed E-state index contributed by atoms with van der Waals surface area (Å²) in [6, 6.07) is 0.152. The number of alkyl carbamates (subject to hydrolysis) is 1. The van der Waals surface area contributed by atoms with Crippen LogP contribution in [0, 0.1) is 0 Å². The van der Waals surface area contributed by atoms with Crippen molar-refractivity contribution < 1.29 is 27.4 Å². The van der Waals surface area contributed by atoms with Crippen molar-refractivity contribution in [1.82, 2.24) is 15.3 Å². The number of alkyl halides is 3. The van der Waals surface area contributed by atoms with E-state index in [0.29, 0.717) is 6.07 Å². The molecule has 1 aliphatic heterocycles. The Morgan fingerprint density at radius 3 is 2.58 bits per heavy atom. The number of nitrogens with one attached hydrogen (secondary N) is 1. The van der Waals surface area contributed by atoms with Gasteiger partial charge in [0.2, 0.25) is 5.88 Å². The normalized spacial score (nSPS) is 22.9. The largest absolute Gasteiger partial charge is 0.481 e. The molecule has 1 saturated heterocycles. The van der Waals surface area contributed by atoms with Crippen LogP contribution in [0.4, 0.5) is 18.0 Å². The first-order valence-electron chi connectivity index (χ1n) is 5.28. The van der Waals surface area contributed by atoms with Gasteiger partial charge in [-0.25, -0.2) is 9.78 Å². The van der Waals surface area contributed by atoms with E-state index >= 15 is 0 Å². The highest BCUT2D eigenvalue weighted by atomic mass is 19.4. The molecule has 104 valence electrons. The van der Waals surface area contributed by atoms with Gasteiger partial charge in [0.25, 0.3) is 0 Å². The number of aromatic nitrogens is 2. The van der Waals surface area contributed by atoms with Crippen LogP contribution in [0.3, 0.4) is 0 Å². The summed E-state index contributed by atoms with van der Waals surface area (Å²) in [6.45, 7) is 1.58. The van der Waals surface area contributed by atoms with E-state index in [2.05, 4.69) is 15.3 Å². The van der Waals surface area contributed by atoms with Crippen LogP contribution in [0.25, 0.3) is 0 Å². The predicted molar refractivity (Wildman–Crippen MR) is 55.4 cm³/mol. The molecule has 2 rings (SSSR count). The number of carbonyl (C=O) groups is 1. The Hall–Kier alpha value is -2.06. The maximum Gasteiger partial charge on any atom is 0.433 e. The van der Waals surface area contributed by atoms with Gasteiger partial charge >= 0.3 is 12.3 Å². The SMILES string of the molecule is COc1cc(C(F)(F)F)nc([C@@H]2OC(=O)N[C@H]2C)n1. The molecule has 1 N–H and O–H groups in total. The Morgan fingerprint density at radius 2 is 2.11 bits per heavy atom. The fourth-order valence-corrected chi connectivity index (χ4v) is 1.61. The van der Waals surface area contributed by atoms with E-state index in [1.807, 2.05) is 0 Å². The summed E-state index contributed by atoms with van der Waals surface area (Å²) in [6.07, 6.45) is -6.34. The molecule has 2 atom stereocenters. The van der Waals surface area contributed by atoms with Gasteiger partial charge in [0.15, 0.2) is 17.6 Å². The molecule has 1 aromatic rings. The fourth-order valence-electron chi connectivity index (χ4n) is 1.61. The number of amides is 1. The molecule has 6 nitrogen and oxygen atoms in total. The van der Waals surface area contributed by atoms with Crippen LogP contribution >= 0.6 is 0 Å². The van der Waals surface area contributed by atoms with Crippen molar-refractivity contribution >= 4 is 6.09 Å². The predicted octanol–water partition coefficient (Wildman–Crippen LogP) is 1.67. The van der Waals surface area contributed by atoms with Crippen LogP contribution in [0.1, 0.15) is 24.5 Å². The van der Waals surface area contributed by atoms with E-state index in [-0.39, 0.29) is 11.7 Å². The van der Waals surface area contributed by atoms with Crippen molar-refractivity contribution in [3.05, 3.63) is 17.6 Å². The number of hydrogen-bond donors (Lipinski definition) is 1. The molecule has 0 radical (unpaired) electrons. The van der Waals surface area contributed by atoms with Gasteiger partial charge in [-0.2, -0.15) is 18.2 Å². The first-order chi connectivity index (χ1) is 8.81. The average molecular weight is 277 g/mol. The molecule has 0 bridgehead atoms. The molecule has 0 saturated carbocycles. The number of halogens is 3. The van der Waals surface area contributed by atoms with Gasteiger partial charge in [-0.3, -0.25) is 0 Å². The van der Waals surface area contributed by atoms with Crippen molar-refractivity contribution in [3.63, 3.8) is 0 Å². The zero-order valence-electron chi connectivity index (χ0n) is 9.99. The Morgan fingerprint density at radius 1 is 1.42 bits per heavy atom. The second-order valence-electron chi connectivity index (χ2n) is 3.91. The molecule has 2 heterocycles. The first-order valence-corrected chi connectivity index (χ1v) is 5.28. The van der Waals surface area contributed by atoms with Crippen molar-refractivity contribution in [2.75, 3.05) is 7.11 Å². The highest BCUT2D eigenvalue weighted by Gasteiger charge is 2.38. The van der Waals surface area contributed by atoms with Crippen molar-refractivity contribution in [2.45, 2.75) is 25.2 Å². The molecule has 0 aromatic carbocycles. The minimum atomic E-state index is -4.63. The summed E-state index contributed by atoms with van der Waals surface area (Å²) >= 11 is 0. The molecular formula is C10H10F3N3O3. The quantitative estimate of drug-likeness (QED) is 0.890. The average Bonchev–Trinajstić information content (AvgIpc) is 2.66. The standard InChI is InChI=1S/C10H10F3N3O3/c1-4-7(19-9(17)14-4)8-15-5(10(11,12)13)3-6(16-8)18-2/h3-4,7H,1-2H3,(H,14,17)/t4-,7+/m0/s1. The summed E-state index contributed by atoms with van der Waals surface area (Å²) in [5.41, 5.74) is -1.15. The lowest BCUT2D eigenvalue weighted by Gasteiger charge is -2.14. The van der Waals surface area contributed by atoms with Crippen LogP contribution in [0.15, 0.2) is 6.07 Å². The van der Waals surface area contributed by atoms with Crippen LogP contribution in [-0.4, -0.2) is 29.2 Å². The van der Waals surface area contributed by atoms with Crippen LogP contribution in [-0.2, 0) is 10.9 Å². The number of hydrogen-bond acceptors (Lipinski definition) is 5. The van der Waals surface area contributed by atoms with Crippen LogP contribution < -0.4 is 10.1 Å². The lowest BCUT2D eigenvalue weighted by atomic mass is 10.2. The lowest BCUT2D eigenvalue weighted by Crippen LogP contribution is -2.25. The highest BCUT2D eigenvalue weighted by Crippen LogP contribution is 2.32. The van der Waals surface area contributed by atoms with Gasteiger partial charge < -0.3 is 14.8 Å². The number of carbonyl (C=O) groups excluding carboxylic acids is 1. The van der Waals surface area contributed by atoms with Crippen molar-refractivity contribution in [3.8, 4) is 5.88 Å². The third kappa shape index (κ3) is 2.69. The lowest BCUT2D eigenvalue weighted by molar-refractivity contribution is -0.141. The number of cyclic esters (lactones) is 1. The number of ether oxygens (including phenoxy) is 2. The van der Waals surface area contributed by atoms with E-state index in [1.165, 1.54) is 7.11 Å². The van der Waals surface area contributed by atoms with Crippen molar-refractivity contribution in [1.29, 1.82) is 0 Å². The van der Waals surface area contributed by atoms with Gasteiger partial charge in [0.05, 0.1) is 13.2 Å². The minimum absolute atomic E-state index is 0.243. The van der Waals surface area contributed by atoms with Gasteiger partial charge in [0, 0.05) is 6.07 Å². The van der Waals surface area contributed by atoms with Gasteiger partial charge in [-0.15, -0.1) is 0 Å². The molecular weight excluding hydrogens is 267 g/mol. The molecule has 9 heteroatoms. The van der Waals surface area contributed by atoms with Crippen LogP contribution in [0.2, 0.25) is 0 Å². The monoisotopic (exact) mass is 277 g/mol. The number of nitrogens with zero attached hydrogens (tertiary/aromatic N) is 2. The first kappa shape index (κ1) is 13.4. The molecule has 0 spiro atoms. The minimum Gasteiger partial charge on any atom is -0.481 e. The zero-order valence-corrected chi connectivity index (χ0v) is 9.99. The summed E-state index contributed by atoms with van der Waals surface area (Å²) < 4.78 is 47.6. The second kappa shape index (κ2) is 4.56. The van der Waals surface area contributed by atoms with E-state index in [1.54, 1.807) is 6.92 Å². The molecule has 19 heavy (non-hydrogen) atoms. The summed E-state index contributed by atoms with van der Waals surface area (Å²) in [5, 5.41) is 2.40. The third-order valence-electron chi connectivity index (χ3n) is 2.51. The zero-order chi connectivity index (χ0) is 14.2. The maximum absolute atomic E-state index is 12.7. The third-order valence-corrected chi connectivity index (χ3v) is 2.51. The Balaban J connectivity index is 2.43. The Labute approximate surface area is 105 Å². The van der Waals surface area contributed by atoms with E-state index in [0.717, 1.165) is 0 Å². The Kier molecular flexibility index (Phi) is 3.21. The van der Waals surface area contributed by atoms with E-state index < -0.39 is 30.1 Å². The summed E-state index contributed by atoms with van der Waals surface area (Å²) in [7, 11) is 1.19. The molecule has 1 amide bonds. The molecule has 0 unspecified atom stereocenters. The Bertz CT molecular complexity index is 507. The molecule has 1 aliphatic rings. The number of methoxy groups -OCH3 is 1. The van der Waals surface area contributed by atoms with Gasteiger partial charge in [0.1, 0.15) is 0 Å². The smallest absolute Gasteiger partial charge is 0.433 e. The summed E-state index contributed by atoms with van der Waals surface area (Å²) in [5.74, 6) is -0.495. The van der Waals surface area contributed by atoms with E-state index in [4.69, 9.17) is 9.47 Å². The van der Waals surface area contributed by atoms with Gasteiger partial charge in [-0.1, -0.05) is 0 Å². The number of rotatable bonds is 2. The summed E-state index contributed by atoms with van der Waals surface area (Å²) in [4.78, 5) is 18.2. The van der Waals surface area contributed by atoms with Gasteiger partial charge in [-0.05, 0) is 6.92 Å². The maximum atomic E-state index is 12.7. The van der Waals surface area contributed by atoms with Crippen molar-refractivity contribution in [2.24, 2.45) is 0 Å². The second-order valence-corrected chi connectivity index (χ2v) is 3.91.